The molecule has 0 radical (unpaired) electrons. The Balaban J connectivity index is 1.09. The summed E-state index contributed by atoms with van der Waals surface area (Å²) < 4.78 is 13.0. The molecule has 7 rings (SSSR count). The molecule has 8 nitrogen and oxygen atoms in total. The van der Waals surface area contributed by atoms with Crippen molar-refractivity contribution < 1.29 is 9.32 Å². The number of hydrogen-bond acceptors (Lipinski definition) is 8. The van der Waals surface area contributed by atoms with Crippen LogP contribution in [0.4, 0.5) is 11.8 Å². The first kappa shape index (κ1) is 21.4. The number of halogens is 1. The fourth-order valence-corrected chi connectivity index (χ4v) is 8.30. The highest BCUT2D eigenvalue weighted by Gasteiger charge is 2.55. The average Bonchev–Trinajstić information content (AvgIpc) is 3.55. The van der Waals surface area contributed by atoms with Crippen molar-refractivity contribution in [2.75, 3.05) is 29.9 Å². The molecule has 2 unspecified atom stereocenters. The summed E-state index contributed by atoms with van der Waals surface area (Å²) in [4.78, 5) is 21.8. The normalized spacial score (nSPS) is 30.3. The van der Waals surface area contributed by atoms with E-state index in [1.54, 1.807) is 12.4 Å². The molecule has 2 aliphatic heterocycles. The van der Waals surface area contributed by atoms with Gasteiger partial charge in [0.05, 0.1) is 33.7 Å². The minimum absolute atomic E-state index is 0.0753. The van der Waals surface area contributed by atoms with Crippen LogP contribution in [-0.4, -0.2) is 59.7 Å². The van der Waals surface area contributed by atoms with Crippen LogP contribution in [0.15, 0.2) is 17.3 Å². The molecule has 2 aromatic rings. The lowest BCUT2D eigenvalue weighted by Crippen LogP contribution is -2.58. The lowest BCUT2D eigenvalue weighted by Gasteiger charge is -2.53. The maximum absolute atomic E-state index is 13.0. The zero-order valence-corrected chi connectivity index (χ0v) is 20.6. The van der Waals surface area contributed by atoms with Gasteiger partial charge < -0.3 is 15.3 Å². The Morgan fingerprint density at radius 3 is 2.53 bits per heavy atom. The summed E-state index contributed by atoms with van der Waals surface area (Å²) in [6, 6.07) is 0. The summed E-state index contributed by atoms with van der Waals surface area (Å²) in [7, 11) is -1.04. The van der Waals surface area contributed by atoms with E-state index in [1.165, 1.54) is 0 Å². The Morgan fingerprint density at radius 1 is 1.15 bits per heavy atom. The number of fused-ring (bicyclic) bond motifs is 3. The predicted octanol–water partition coefficient (Wildman–Crippen LogP) is 3.39. The highest BCUT2D eigenvalue weighted by Crippen LogP contribution is 2.56. The molecule has 1 spiro atoms. The van der Waals surface area contributed by atoms with Crippen molar-refractivity contribution in [1.82, 2.24) is 19.9 Å². The van der Waals surface area contributed by atoms with Gasteiger partial charge in [0.25, 0.3) is 0 Å². The van der Waals surface area contributed by atoms with E-state index >= 15 is 0 Å². The van der Waals surface area contributed by atoms with Crippen molar-refractivity contribution in [2.45, 2.75) is 78.9 Å². The molecule has 3 saturated carbocycles. The second-order valence-electron chi connectivity index (χ2n) is 11.1. The third-order valence-electron chi connectivity index (χ3n) is 8.82. The third-order valence-corrected chi connectivity index (χ3v) is 10.9. The van der Waals surface area contributed by atoms with E-state index < -0.39 is 10.8 Å². The van der Waals surface area contributed by atoms with Gasteiger partial charge in [0.1, 0.15) is 16.5 Å². The Morgan fingerprint density at radius 2 is 1.88 bits per heavy atom. The van der Waals surface area contributed by atoms with Gasteiger partial charge in [0.15, 0.2) is 0 Å². The average molecular weight is 501 g/mol. The van der Waals surface area contributed by atoms with Gasteiger partial charge in [-0.1, -0.05) is 11.6 Å². The van der Waals surface area contributed by atoms with E-state index in [0.717, 1.165) is 86.8 Å². The van der Waals surface area contributed by atoms with Crippen LogP contribution in [0.25, 0.3) is 0 Å². The standard InChI is InChI=1S/C24H29ClN6O2S/c25-15-9-26-20(27-10-15)14-2-6-23(7-3-14)11-31(12-23)22-28-18-16-8-17(16)34(33)19(18)21(29-22)30-24(13-32)4-1-5-24/h9-10,14,16-17,32H,1-8,11-13H2,(H,28,29,30)/t16?,17?,34-/m1/s1. The molecule has 3 aliphatic carbocycles. The third kappa shape index (κ3) is 3.30. The minimum Gasteiger partial charge on any atom is -0.394 e. The molecule has 0 amide bonds. The van der Waals surface area contributed by atoms with E-state index in [0.29, 0.717) is 28.1 Å². The second-order valence-corrected chi connectivity index (χ2v) is 13.1. The lowest BCUT2D eigenvalue weighted by atomic mass is 9.66. The van der Waals surface area contributed by atoms with Crippen LogP contribution in [0, 0.1) is 5.41 Å². The van der Waals surface area contributed by atoms with E-state index in [1.807, 2.05) is 0 Å². The number of hydrogen-bond donors (Lipinski definition) is 2. The van der Waals surface area contributed by atoms with Crippen LogP contribution in [0.5, 0.6) is 0 Å². The number of nitrogens with one attached hydrogen (secondary N) is 1. The molecule has 34 heavy (non-hydrogen) atoms. The maximum atomic E-state index is 13.0. The zero-order chi connectivity index (χ0) is 23.1. The van der Waals surface area contributed by atoms with Gasteiger partial charge in [0.2, 0.25) is 5.95 Å². The Labute approximate surface area is 206 Å². The molecule has 3 atom stereocenters. The second kappa shape index (κ2) is 7.58. The van der Waals surface area contributed by atoms with E-state index in [4.69, 9.17) is 21.6 Å². The van der Waals surface area contributed by atoms with Gasteiger partial charge in [-0.25, -0.2) is 15.0 Å². The Hall–Kier alpha value is -1.84. The molecule has 0 bridgehead atoms. The summed E-state index contributed by atoms with van der Waals surface area (Å²) in [5.41, 5.74) is 0.964. The largest absolute Gasteiger partial charge is 0.394 e. The van der Waals surface area contributed by atoms with Crippen LogP contribution >= 0.6 is 11.6 Å². The van der Waals surface area contributed by atoms with Gasteiger partial charge in [0, 0.05) is 48.0 Å². The first-order chi connectivity index (χ1) is 16.5. The molecule has 4 heterocycles. The summed E-state index contributed by atoms with van der Waals surface area (Å²) >= 11 is 5.95. The number of anilines is 2. The van der Waals surface area contributed by atoms with Crippen molar-refractivity contribution in [3.63, 3.8) is 0 Å². The monoisotopic (exact) mass is 500 g/mol. The fourth-order valence-electron chi connectivity index (χ4n) is 6.40. The van der Waals surface area contributed by atoms with Crippen molar-refractivity contribution in [3.8, 4) is 0 Å². The van der Waals surface area contributed by atoms with Gasteiger partial charge in [-0.05, 0) is 51.4 Å². The maximum Gasteiger partial charge on any atom is 0.227 e. The summed E-state index contributed by atoms with van der Waals surface area (Å²) in [5.74, 6) is 3.09. The highest BCUT2D eigenvalue weighted by atomic mass is 35.5. The highest BCUT2D eigenvalue weighted by molar-refractivity contribution is 7.86. The van der Waals surface area contributed by atoms with E-state index in [9.17, 15) is 9.32 Å². The first-order valence-electron chi connectivity index (χ1n) is 12.4. The van der Waals surface area contributed by atoms with Gasteiger partial charge in [-0.3, -0.25) is 4.21 Å². The lowest BCUT2D eigenvalue weighted by molar-refractivity contribution is 0.124. The van der Waals surface area contributed by atoms with E-state index in [2.05, 4.69) is 20.2 Å². The number of rotatable bonds is 5. The van der Waals surface area contributed by atoms with Crippen LogP contribution in [0.3, 0.4) is 0 Å². The number of aliphatic hydroxyl groups excluding tert-OH is 1. The molecule has 4 fully saturated rings. The summed E-state index contributed by atoms with van der Waals surface area (Å²) in [6.07, 6.45) is 11.8. The van der Waals surface area contributed by atoms with Crippen LogP contribution in [-0.2, 0) is 10.8 Å². The molecule has 0 aromatic carbocycles. The topological polar surface area (TPSA) is 104 Å². The fraction of sp³-hybridized carbons (Fsp3) is 0.667. The molecule has 1 saturated heterocycles. The smallest absolute Gasteiger partial charge is 0.227 e. The molecule has 2 aromatic heterocycles. The Kier molecular flexibility index (Phi) is 4.78. The summed E-state index contributed by atoms with van der Waals surface area (Å²) in [6.45, 7) is 2.00. The molecular formula is C24H29ClN6O2S. The molecule has 10 heteroatoms. The molecule has 2 N–H and O–H groups in total. The minimum atomic E-state index is -1.04. The van der Waals surface area contributed by atoms with Gasteiger partial charge >= 0.3 is 0 Å². The number of aromatic nitrogens is 4. The van der Waals surface area contributed by atoms with Crippen molar-refractivity contribution in [2.24, 2.45) is 5.41 Å². The predicted molar refractivity (Wildman–Crippen MR) is 130 cm³/mol. The SMILES string of the molecule is O=[S@]1c2c(NC3(CO)CCC3)nc(N3CC4(CCC(c5ncc(Cl)cn5)CC4)C3)nc2C2CC21. The zero-order valence-electron chi connectivity index (χ0n) is 19.0. The van der Waals surface area contributed by atoms with Gasteiger partial charge in [-0.2, -0.15) is 4.98 Å². The first-order valence-corrected chi connectivity index (χ1v) is 14.0. The number of aliphatic hydroxyl groups is 1. The Bertz CT molecular complexity index is 1150. The van der Waals surface area contributed by atoms with E-state index in [-0.39, 0.29) is 17.4 Å². The quantitative estimate of drug-likeness (QED) is 0.643. The summed E-state index contributed by atoms with van der Waals surface area (Å²) in [5, 5.41) is 14.3. The van der Waals surface area contributed by atoms with Gasteiger partial charge in [-0.15, -0.1) is 0 Å². The van der Waals surface area contributed by atoms with Crippen LogP contribution in [0.2, 0.25) is 5.02 Å². The molecule has 180 valence electrons. The van der Waals surface area contributed by atoms with Crippen molar-refractivity contribution >= 4 is 34.2 Å². The van der Waals surface area contributed by atoms with Crippen LogP contribution in [0.1, 0.15) is 74.7 Å². The molecular weight excluding hydrogens is 472 g/mol. The van der Waals surface area contributed by atoms with Crippen LogP contribution < -0.4 is 10.2 Å². The number of nitrogens with zero attached hydrogens (tertiary/aromatic N) is 5. The molecule has 5 aliphatic rings. The van der Waals surface area contributed by atoms with Crippen molar-refractivity contribution in [1.29, 1.82) is 0 Å². The van der Waals surface area contributed by atoms with Crippen molar-refractivity contribution in [3.05, 3.63) is 28.9 Å².